The van der Waals surface area contributed by atoms with Gasteiger partial charge in [-0.15, -0.1) is 0 Å². The molecule has 0 aromatic heterocycles. The lowest BCUT2D eigenvalue weighted by Crippen LogP contribution is -2.95. The number of nitrogen functional groups attached to an aromatic ring is 1. The minimum atomic E-state index is -4.60. The number of nitrogens with two attached hydrogens (primary N) is 2. The summed E-state index contributed by atoms with van der Waals surface area (Å²) < 4.78 is 38.5. The summed E-state index contributed by atoms with van der Waals surface area (Å²) in [7, 11) is 0. The Balaban J connectivity index is 3.05. The van der Waals surface area contributed by atoms with E-state index in [4.69, 9.17) is 17.3 Å². The third-order valence-electron chi connectivity index (χ3n) is 2.80. The average Bonchev–Trinajstić information content (AvgIpc) is 2.26. The molecule has 1 atom stereocenters. The van der Waals surface area contributed by atoms with Gasteiger partial charge < -0.3 is 16.2 Å². The largest absolute Gasteiger partial charge is 0.418 e. The molecule has 3 nitrogen and oxygen atoms in total. The Bertz CT molecular complexity index is 484. The molecule has 0 amide bonds. The number of halogens is 4. The van der Waals surface area contributed by atoms with Gasteiger partial charge in [0, 0.05) is 0 Å². The minimum absolute atomic E-state index is 0.108. The lowest BCUT2D eigenvalue weighted by atomic mass is 10.0. The van der Waals surface area contributed by atoms with E-state index in [0.29, 0.717) is 0 Å². The van der Waals surface area contributed by atoms with Crippen LogP contribution in [-0.2, 0) is 6.18 Å². The monoisotopic (exact) mass is 311 g/mol. The normalized spacial score (nSPS) is 14.4. The number of rotatable bonds is 3. The van der Waals surface area contributed by atoms with Crippen LogP contribution in [0.25, 0.3) is 0 Å². The highest BCUT2D eigenvalue weighted by molar-refractivity contribution is 6.33. The topological polar surface area (TPSA) is 62.9 Å². The van der Waals surface area contributed by atoms with Crippen LogP contribution < -0.4 is 11.1 Å². The second kappa shape index (κ2) is 5.79. The molecular formula is C13H19ClF3N2O+. The second-order valence-corrected chi connectivity index (χ2v) is 6.19. The molecule has 1 aromatic carbocycles. The quantitative estimate of drug-likeness (QED) is 0.750. The van der Waals surface area contributed by atoms with Gasteiger partial charge in [-0.05, 0) is 38.5 Å². The molecule has 0 fully saturated rings. The molecule has 0 aliphatic carbocycles. The zero-order chi connectivity index (χ0) is 15.7. The van der Waals surface area contributed by atoms with E-state index in [0.717, 1.165) is 6.07 Å². The van der Waals surface area contributed by atoms with Crippen molar-refractivity contribution in [3.63, 3.8) is 0 Å². The van der Waals surface area contributed by atoms with Crippen molar-refractivity contribution < 1.29 is 23.6 Å². The van der Waals surface area contributed by atoms with Gasteiger partial charge in [-0.3, -0.25) is 0 Å². The Morgan fingerprint density at radius 3 is 2.30 bits per heavy atom. The van der Waals surface area contributed by atoms with Crippen molar-refractivity contribution in [3.8, 4) is 0 Å². The Morgan fingerprint density at radius 1 is 1.30 bits per heavy atom. The van der Waals surface area contributed by atoms with Gasteiger partial charge in [0.1, 0.15) is 12.6 Å². The Morgan fingerprint density at radius 2 is 1.85 bits per heavy atom. The fraction of sp³-hybridized carbons (Fsp3) is 0.538. The predicted octanol–water partition coefficient (Wildman–Crippen LogP) is 2.34. The van der Waals surface area contributed by atoms with Crippen molar-refractivity contribution >= 4 is 17.3 Å². The highest BCUT2D eigenvalue weighted by Gasteiger charge is 2.35. The van der Waals surface area contributed by atoms with Crippen LogP contribution in [0, 0.1) is 0 Å². The van der Waals surface area contributed by atoms with Gasteiger partial charge in [0.15, 0.2) is 0 Å². The summed E-state index contributed by atoms with van der Waals surface area (Å²) in [6.07, 6.45) is -5.65. The number of aliphatic hydroxyl groups is 1. The predicted molar refractivity (Wildman–Crippen MR) is 72.4 cm³/mol. The summed E-state index contributed by atoms with van der Waals surface area (Å²) in [4.78, 5) is 0. The lowest BCUT2D eigenvalue weighted by molar-refractivity contribution is -0.722. The SMILES string of the molecule is CC(C)(C)[NH2+]C[C@@H](O)c1cc(Cl)c(N)c(C(F)(F)F)c1. The molecule has 0 radical (unpaired) electrons. The van der Waals surface area contributed by atoms with Crippen LogP contribution in [0.2, 0.25) is 5.02 Å². The van der Waals surface area contributed by atoms with E-state index < -0.39 is 23.5 Å². The molecule has 1 aromatic rings. The number of aliphatic hydroxyl groups excluding tert-OH is 1. The van der Waals surface area contributed by atoms with Crippen molar-refractivity contribution in [2.24, 2.45) is 0 Å². The van der Waals surface area contributed by atoms with E-state index in [9.17, 15) is 18.3 Å². The number of alkyl halides is 3. The molecule has 1 rings (SSSR count). The first-order valence-electron chi connectivity index (χ1n) is 6.10. The maximum absolute atomic E-state index is 12.8. The maximum Gasteiger partial charge on any atom is 0.418 e. The van der Waals surface area contributed by atoms with Crippen molar-refractivity contribution in [2.75, 3.05) is 12.3 Å². The van der Waals surface area contributed by atoms with Gasteiger partial charge in [0.25, 0.3) is 0 Å². The molecule has 7 heteroatoms. The molecule has 20 heavy (non-hydrogen) atoms. The maximum atomic E-state index is 12.8. The zero-order valence-corrected chi connectivity index (χ0v) is 12.3. The smallest absolute Gasteiger partial charge is 0.397 e. The van der Waals surface area contributed by atoms with Gasteiger partial charge >= 0.3 is 6.18 Å². The molecule has 0 heterocycles. The first-order valence-corrected chi connectivity index (χ1v) is 6.48. The van der Waals surface area contributed by atoms with Crippen LogP contribution in [0.4, 0.5) is 18.9 Å². The highest BCUT2D eigenvalue weighted by Crippen LogP contribution is 2.38. The zero-order valence-electron chi connectivity index (χ0n) is 11.6. The number of benzene rings is 1. The summed E-state index contributed by atoms with van der Waals surface area (Å²) in [5, 5.41) is 11.6. The van der Waals surface area contributed by atoms with Crippen LogP contribution in [0.15, 0.2) is 12.1 Å². The summed E-state index contributed by atoms with van der Waals surface area (Å²) in [5.74, 6) is 0. The fourth-order valence-electron chi connectivity index (χ4n) is 1.67. The molecule has 0 spiro atoms. The third-order valence-corrected chi connectivity index (χ3v) is 3.11. The molecule has 5 N–H and O–H groups in total. The molecule has 0 aliphatic heterocycles. The lowest BCUT2D eigenvalue weighted by Gasteiger charge is -2.21. The van der Waals surface area contributed by atoms with E-state index >= 15 is 0 Å². The number of anilines is 1. The molecule has 0 aliphatic rings. The average molecular weight is 312 g/mol. The van der Waals surface area contributed by atoms with Crippen molar-refractivity contribution in [1.29, 1.82) is 0 Å². The van der Waals surface area contributed by atoms with Gasteiger partial charge in [0.05, 0.1) is 21.8 Å². The molecule has 0 unspecified atom stereocenters. The van der Waals surface area contributed by atoms with Gasteiger partial charge in [0.2, 0.25) is 0 Å². The van der Waals surface area contributed by atoms with E-state index in [2.05, 4.69) is 0 Å². The highest BCUT2D eigenvalue weighted by atomic mass is 35.5. The van der Waals surface area contributed by atoms with Gasteiger partial charge in [-0.25, -0.2) is 0 Å². The number of quaternary nitrogens is 1. The summed E-state index contributed by atoms with van der Waals surface area (Å²) in [6, 6.07) is 2.12. The second-order valence-electron chi connectivity index (χ2n) is 5.78. The Hall–Kier alpha value is -0.980. The summed E-state index contributed by atoms with van der Waals surface area (Å²) >= 11 is 5.71. The molecule has 0 saturated heterocycles. The van der Waals surface area contributed by atoms with Crippen molar-refractivity contribution in [2.45, 2.75) is 38.6 Å². The van der Waals surface area contributed by atoms with Crippen LogP contribution in [-0.4, -0.2) is 17.2 Å². The molecular weight excluding hydrogens is 293 g/mol. The first-order chi connectivity index (χ1) is 8.92. The van der Waals surface area contributed by atoms with Crippen molar-refractivity contribution in [1.82, 2.24) is 0 Å². The standard InChI is InChI=1S/C13H18ClF3N2O/c1-12(2,3)19-6-10(20)7-4-8(13(15,16)17)11(18)9(14)5-7/h4-5,10,19-20H,6,18H2,1-3H3/p+1/t10-/m1/s1. The third kappa shape index (κ3) is 4.54. The van der Waals surface area contributed by atoms with Crippen LogP contribution >= 0.6 is 11.6 Å². The van der Waals surface area contributed by atoms with E-state index in [1.54, 1.807) is 0 Å². The molecule has 0 saturated carbocycles. The van der Waals surface area contributed by atoms with E-state index in [1.165, 1.54) is 6.07 Å². The minimum Gasteiger partial charge on any atom is -0.397 e. The Kier molecular flexibility index (Phi) is 4.94. The van der Waals surface area contributed by atoms with Crippen LogP contribution in [0.3, 0.4) is 0 Å². The van der Waals surface area contributed by atoms with E-state index in [1.807, 2.05) is 26.1 Å². The molecule has 0 bridgehead atoms. The van der Waals surface area contributed by atoms with Crippen molar-refractivity contribution in [3.05, 3.63) is 28.3 Å². The number of hydrogen-bond donors (Lipinski definition) is 3. The number of hydrogen-bond acceptors (Lipinski definition) is 2. The molecule has 114 valence electrons. The van der Waals surface area contributed by atoms with Gasteiger partial charge in [-0.2, -0.15) is 13.2 Å². The summed E-state index contributed by atoms with van der Waals surface area (Å²) in [6.45, 7) is 6.06. The fourth-order valence-corrected chi connectivity index (χ4v) is 1.89. The summed E-state index contributed by atoms with van der Waals surface area (Å²) in [5.41, 5.74) is 3.78. The van der Waals surface area contributed by atoms with Gasteiger partial charge in [-0.1, -0.05) is 11.6 Å². The first kappa shape index (κ1) is 17.1. The van der Waals surface area contributed by atoms with Crippen LogP contribution in [0.5, 0.6) is 0 Å². The Labute approximate surface area is 120 Å². The van der Waals surface area contributed by atoms with Crippen LogP contribution in [0.1, 0.15) is 38.0 Å². The van der Waals surface area contributed by atoms with E-state index in [-0.39, 0.29) is 22.7 Å².